The van der Waals surface area contributed by atoms with Crippen LogP contribution in [-0.2, 0) is 30.9 Å². The van der Waals surface area contributed by atoms with Crippen LogP contribution >= 0.6 is 0 Å². The highest BCUT2D eigenvalue weighted by Gasteiger charge is 2.23. The molecule has 1 atom stereocenters. The highest BCUT2D eigenvalue weighted by molar-refractivity contribution is 7.89. The standard InChI is InChI=1S/C24H25N3O7S/c1-15-6-11-21(35(31,32)25-14-20-5-4-12-33-20)13-22(15)24(30)34-16(2)23(29)27-19-9-7-18(8-10-19)26-17(3)28/h4-13,16,25H,14H2,1-3H3,(H,26,28)(H,27,29). The maximum absolute atomic E-state index is 12.7. The summed E-state index contributed by atoms with van der Waals surface area (Å²) in [7, 11) is -3.93. The molecule has 0 spiro atoms. The van der Waals surface area contributed by atoms with Crippen molar-refractivity contribution in [3.63, 3.8) is 0 Å². The van der Waals surface area contributed by atoms with Gasteiger partial charge in [0.1, 0.15) is 5.76 Å². The molecule has 0 saturated heterocycles. The number of sulfonamides is 1. The summed E-state index contributed by atoms with van der Waals surface area (Å²) in [6.45, 7) is 4.37. The topological polar surface area (TPSA) is 144 Å². The molecule has 0 aliphatic heterocycles. The largest absolute Gasteiger partial charge is 0.468 e. The summed E-state index contributed by atoms with van der Waals surface area (Å²) in [6.07, 6.45) is 0.274. The Kier molecular flexibility index (Phi) is 8.05. The predicted octanol–water partition coefficient (Wildman–Crippen LogP) is 3.21. The van der Waals surface area contributed by atoms with Crippen LogP contribution in [0.5, 0.6) is 0 Å². The van der Waals surface area contributed by atoms with Gasteiger partial charge in [0, 0.05) is 18.3 Å². The van der Waals surface area contributed by atoms with Crippen LogP contribution in [0.2, 0.25) is 0 Å². The van der Waals surface area contributed by atoms with Gasteiger partial charge in [-0.25, -0.2) is 17.9 Å². The van der Waals surface area contributed by atoms with E-state index in [4.69, 9.17) is 9.15 Å². The maximum atomic E-state index is 12.7. The maximum Gasteiger partial charge on any atom is 0.339 e. The Morgan fingerprint density at radius 3 is 2.26 bits per heavy atom. The molecule has 2 aromatic carbocycles. The van der Waals surface area contributed by atoms with E-state index >= 15 is 0 Å². The van der Waals surface area contributed by atoms with Crippen molar-refractivity contribution in [1.82, 2.24) is 4.72 Å². The lowest BCUT2D eigenvalue weighted by Crippen LogP contribution is -2.30. The van der Waals surface area contributed by atoms with Gasteiger partial charge in [0.2, 0.25) is 15.9 Å². The number of nitrogens with one attached hydrogen (secondary N) is 3. The number of amides is 2. The fraction of sp³-hybridized carbons (Fsp3) is 0.208. The molecule has 35 heavy (non-hydrogen) atoms. The number of rotatable bonds is 9. The number of hydrogen-bond donors (Lipinski definition) is 3. The van der Waals surface area contributed by atoms with E-state index in [2.05, 4.69) is 15.4 Å². The van der Waals surface area contributed by atoms with E-state index in [0.717, 1.165) is 0 Å². The van der Waals surface area contributed by atoms with E-state index in [1.54, 1.807) is 43.3 Å². The summed E-state index contributed by atoms with van der Waals surface area (Å²) >= 11 is 0. The van der Waals surface area contributed by atoms with Gasteiger partial charge in [-0.2, -0.15) is 0 Å². The van der Waals surface area contributed by atoms with Crippen LogP contribution in [0.1, 0.15) is 35.5 Å². The van der Waals surface area contributed by atoms with Crippen LogP contribution in [0.15, 0.2) is 70.2 Å². The van der Waals surface area contributed by atoms with Crippen molar-refractivity contribution in [1.29, 1.82) is 0 Å². The normalized spacial score (nSPS) is 12.0. The number of esters is 1. The molecule has 1 heterocycles. The van der Waals surface area contributed by atoms with E-state index in [-0.39, 0.29) is 22.9 Å². The van der Waals surface area contributed by atoms with Crippen LogP contribution in [0, 0.1) is 6.92 Å². The van der Waals surface area contributed by atoms with E-state index < -0.39 is 28.0 Å². The molecular weight excluding hydrogens is 474 g/mol. The summed E-state index contributed by atoms with van der Waals surface area (Å²) in [5, 5.41) is 5.23. The summed E-state index contributed by atoms with van der Waals surface area (Å²) in [5.41, 5.74) is 1.52. The number of furan rings is 1. The minimum atomic E-state index is -3.93. The first-order valence-electron chi connectivity index (χ1n) is 10.6. The SMILES string of the molecule is CC(=O)Nc1ccc(NC(=O)C(C)OC(=O)c2cc(S(=O)(=O)NCc3ccco3)ccc2C)cc1. The van der Waals surface area contributed by atoms with E-state index in [1.807, 2.05) is 0 Å². The molecule has 3 rings (SSSR count). The number of carbonyl (C=O) groups is 3. The second-order valence-corrected chi connectivity index (χ2v) is 9.44. The molecule has 0 radical (unpaired) electrons. The van der Waals surface area contributed by atoms with Gasteiger partial charge in [0.25, 0.3) is 5.91 Å². The van der Waals surface area contributed by atoms with Crippen LogP contribution in [-0.4, -0.2) is 32.3 Å². The average molecular weight is 500 g/mol. The minimum Gasteiger partial charge on any atom is -0.468 e. The summed E-state index contributed by atoms with van der Waals surface area (Å²) in [4.78, 5) is 36.2. The quantitative estimate of drug-likeness (QED) is 0.384. The zero-order chi connectivity index (χ0) is 25.6. The molecule has 3 N–H and O–H groups in total. The van der Waals surface area contributed by atoms with Crippen molar-refractivity contribution in [2.75, 3.05) is 10.6 Å². The molecule has 0 aliphatic carbocycles. The van der Waals surface area contributed by atoms with Gasteiger partial charge in [-0.1, -0.05) is 6.07 Å². The first-order chi connectivity index (χ1) is 16.5. The third kappa shape index (κ3) is 7.01. The van der Waals surface area contributed by atoms with Crippen molar-refractivity contribution in [3.05, 3.63) is 77.7 Å². The first kappa shape index (κ1) is 25.7. The Labute approximate surface area is 202 Å². The fourth-order valence-corrected chi connectivity index (χ4v) is 4.03. The van der Waals surface area contributed by atoms with Gasteiger partial charge in [0.15, 0.2) is 6.10 Å². The second-order valence-electron chi connectivity index (χ2n) is 7.68. The zero-order valence-corrected chi connectivity index (χ0v) is 20.1. The van der Waals surface area contributed by atoms with Gasteiger partial charge in [-0.3, -0.25) is 9.59 Å². The van der Waals surface area contributed by atoms with Crippen LogP contribution in [0.4, 0.5) is 11.4 Å². The van der Waals surface area contributed by atoms with Gasteiger partial charge in [-0.15, -0.1) is 0 Å². The Balaban J connectivity index is 1.65. The van der Waals surface area contributed by atoms with Crippen molar-refractivity contribution >= 4 is 39.2 Å². The Morgan fingerprint density at radius 2 is 1.66 bits per heavy atom. The minimum absolute atomic E-state index is 0.0187. The first-order valence-corrected chi connectivity index (χ1v) is 12.1. The lowest BCUT2D eigenvalue weighted by molar-refractivity contribution is -0.123. The number of aryl methyl sites for hydroxylation is 1. The highest BCUT2D eigenvalue weighted by Crippen LogP contribution is 2.19. The summed E-state index contributed by atoms with van der Waals surface area (Å²) < 4.78 is 38.1. The van der Waals surface area contributed by atoms with Gasteiger partial charge < -0.3 is 19.8 Å². The molecule has 11 heteroatoms. The molecule has 1 unspecified atom stereocenters. The monoisotopic (exact) mass is 499 g/mol. The fourth-order valence-electron chi connectivity index (χ4n) is 3.01. The number of anilines is 2. The number of benzene rings is 2. The molecule has 0 fully saturated rings. The van der Waals surface area contributed by atoms with E-state index in [9.17, 15) is 22.8 Å². The molecule has 10 nitrogen and oxygen atoms in total. The second kappa shape index (κ2) is 11.0. The van der Waals surface area contributed by atoms with Crippen molar-refractivity contribution in [2.24, 2.45) is 0 Å². The van der Waals surface area contributed by atoms with Crippen molar-refractivity contribution in [3.8, 4) is 0 Å². The highest BCUT2D eigenvalue weighted by atomic mass is 32.2. The smallest absolute Gasteiger partial charge is 0.339 e. The molecule has 0 bridgehead atoms. The molecule has 0 aliphatic rings. The predicted molar refractivity (Wildman–Crippen MR) is 128 cm³/mol. The lowest BCUT2D eigenvalue weighted by atomic mass is 10.1. The molecule has 1 aromatic heterocycles. The average Bonchev–Trinajstić information content (AvgIpc) is 3.32. The number of carbonyl (C=O) groups excluding carboxylic acids is 3. The summed E-state index contributed by atoms with van der Waals surface area (Å²) in [5.74, 6) is -1.20. The van der Waals surface area contributed by atoms with E-state index in [1.165, 1.54) is 38.3 Å². The van der Waals surface area contributed by atoms with Crippen LogP contribution in [0.3, 0.4) is 0 Å². The molecule has 2 amide bonds. The molecular formula is C24H25N3O7S. The molecule has 184 valence electrons. The third-order valence-corrected chi connectivity index (χ3v) is 6.28. The van der Waals surface area contributed by atoms with Crippen molar-refractivity contribution < 1.29 is 32.0 Å². The van der Waals surface area contributed by atoms with Crippen molar-refractivity contribution in [2.45, 2.75) is 38.3 Å². The number of hydrogen-bond acceptors (Lipinski definition) is 7. The van der Waals surface area contributed by atoms with E-state index in [0.29, 0.717) is 22.7 Å². The lowest BCUT2D eigenvalue weighted by Gasteiger charge is -2.15. The van der Waals surface area contributed by atoms with Crippen LogP contribution in [0.25, 0.3) is 0 Å². The zero-order valence-electron chi connectivity index (χ0n) is 19.3. The third-order valence-electron chi connectivity index (χ3n) is 4.88. The molecule has 3 aromatic rings. The summed E-state index contributed by atoms with van der Waals surface area (Å²) in [6, 6.07) is 13.7. The van der Waals surface area contributed by atoms with Gasteiger partial charge in [-0.05, 0) is 67.9 Å². The van der Waals surface area contributed by atoms with Crippen LogP contribution < -0.4 is 15.4 Å². The molecule has 0 saturated carbocycles. The van der Waals surface area contributed by atoms with Gasteiger partial charge >= 0.3 is 5.97 Å². The Hall–Kier alpha value is -3.96. The Morgan fingerprint density at radius 1 is 1.00 bits per heavy atom. The number of ether oxygens (including phenoxy) is 1. The Bertz CT molecular complexity index is 1320. The van der Waals surface area contributed by atoms with Gasteiger partial charge in [0.05, 0.1) is 23.3 Å².